The van der Waals surface area contributed by atoms with E-state index < -0.39 is 0 Å². The Morgan fingerprint density at radius 3 is 3.11 bits per heavy atom. The minimum atomic E-state index is 0.495. The third kappa shape index (κ3) is 2.77. The summed E-state index contributed by atoms with van der Waals surface area (Å²) in [6.45, 7) is 4.95. The van der Waals surface area contributed by atoms with Crippen molar-refractivity contribution >= 4 is 10.9 Å². The first kappa shape index (κ1) is 12.6. The van der Waals surface area contributed by atoms with Crippen LogP contribution in [-0.4, -0.2) is 24.2 Å². The first-order valence-corrected chi connectivity index (χ1v) is 6.98. The predicted octanol–water partition coefficient (Wildman–Crippen LogP) is 2.75. The molecule has 1 saturated heterocycles. The summed E-state index contributed by atoms with van der Waals surface area (Å²) < 4.78 is 5.45. The molecule has 1 fully saturated rings. The van der Waals surface area contributed by atoms with Gasteiger partial charge in [-0.15, -0.1) is 0 Å². The highest BCUT2D eigenvalue weighted by molar-refractivity contribution is 5.81. The minimum absolute atomic E-state index is 0.495. The summed E-state index contributed by atoms with van der Waals surface area (Å²) in [5, 5.41) is 4.87. The van der Waals surface area contributed by atoms with E-state index in [1.54, 1.807) is 0 Å². The van der Waals surface area contributed by atoms with Crippen LogP contribution < -0.4 is 5.32 Å². The lowest BCUT2D eigenvalue weighted by molar-refractivity contribution is 0.178. The number of para-hydroxylation sites is 1. The average molecular weight is 256 g/mol. The second-order valence-corrected chi connectivity index (χ2v) is 5.28. The fourth-order valence-corrected chi connectivity index (χ4v) is 2.69. The van der Waals surface area contributed by atoms with Crippen LogP contribution in [-0.2, 0) is 11.3 Å². The van der Waals surface area contributed by atoms with E-state index in [-0.39, 0.29) is 0 Å². The van der Waals surface area contributed by atoms with Crippen molar-refractivity contribution in [3.05, 3.63) is 42.1 Å². The van der Waals surface area contributed by atoms with Crippen LogP contribution in [0.15, 0.2) is 36.5 Å². The number of pyridine rings is 1. The van der Waals surface area contributed by atoms with Gasteiger partial charge in [0.05, 0.1) is 12.1 Å². The van der Waals surface area contributed by atoms with Gasteiger partial charge >= 0.3 is 0 Å². The van der Waals surface area contributed by atoms with Gasteiger partial charge in [-0.1, -0.05) is 18.2 Å². The van der Waals surface area contributed by atoms with E-state index in [1.165, 1.54) is 17.4 Å². The van der Waals surface area contributed by atoms with Gasteiger partial charge < -0.3 is 10.1 Å². The number of nitrogens with zero attached hydrogens (tertiary/aromatic N) is 1. The van der Waals surface area contributed by atoms with Crippen LogP contribution in [0, 0.1) is 5.92 Å². The first-order valence-electron chi connectivity index (χ1n) is 6.98. The molecule has 0 amide bonds. The fourth-order valence-electron chi connectivity index (χ4n) is 2.69. The number of nitrogens with one attached hydrogen (secondary N) is 1. The Labute approximate surface area is 114 Å². The first-order chi connectivity index (χ1) is 9.34. The third-order valence-electron chi connectivity index (χ3n) is 4.03. The topological polar surface area (TPSA) is 34.2 Å². The smallest absolute Gasteiger partial charge is 0.0705 e. The summed E-state index contributed by atoms with van der Waals surface area (Å²) in [7, 11) is 0. The summed E-state index contributed by atoms with van der Waals surface area (Å²) in [4.78, 5) is 4.40. The van der Waals surface area contributed by atoms with Gasteiger partial charge in [0.2, 0.25) is 0 Å². The van der Waals surface area contributed by atoms with Gasteiger partial charge in [-0.25, -0.2) is 0 Å². The Morgan fingerprint density at radius 2 is 2.26 bits per heavy atom. The number of hydrogen-bond acceptors (Lipinski definition) is 3. The zero-order valence-corrected chi connectivity index (χ0v) is 11.3. The van der Waals surface area contributed by atoms with Gasteiger partial charge in [-0.3, -0.25) is 4.98 Å². The van der Waals surface area contributed by atoms with Crippen LogP contribution in [0.2, 0.25) is 0 Å². The van der Waals surface area contributed by atoms with Crippen LogP contribution in [0.4, 0.5) is 0 Å². The van der Waals surface area contributed by atoms with E-state index in [2.05, 4.69) is 41.5 Å². The Balaban J connectivity index is 1.71. The number of benzene rings is 1. The van der Waals surface area contributed by atoms with Crippen LogP contribution in [0.5, 0.6) is 0 Å². The van der Waals surface area contributed by atoms with Crippen molar-refractivity contribution in [2.45, 2.75) is 25.9 Å². The Hall–Kier alpha value is -1.45. The van der Waals surface area contributed by atoms with Crippen LogP contribution >= 0.6 is 0 Å². The van der Waals surface area contributed by atoms with Gasteiger partial charge in [0, 0.05) is 30.8 Å². The zero-order valence-electron chi connectivity index (χ0n) is 11.3. The molecule has 1 N–H and O–H groups in total. The van der Waals surface area contributed by atoms with E-state index >= 15 is 0 Å². The molecule has 0 aliphatic carbocycles. The molecular weight excluding hydrogens is 236 g/mol. The molecule has 0 bridgehead atoms. The zero-order chi connectivity index (χ0) is 13.1. The third-order valence-corrected chi connectivity index (χ3v) is 4.03. The standard InChI is InChI=1S/C16H20N2O/c1-12(14-7-9-19-11-14)18-10-13-6-8-17-16-5-3-2-4-15(13)16/h2-6,8,12,14,18H,7,9-11H2,1H3. The minimum Gasteiger partial charge on any atom is -0.381 e. The highest BCUT2D eigenvalue weighted by Gasteiger charge is 2.21. The van der Waals surface area contributed by atoms with Crippen molar-refractivity contribution in [2.24, 2.45) is 5.92 Å². The molecule has 3 rings (SSSR count). The monoisotopic (exact) mass is 256 g/mol. The second kappa shape index (κ2) is 5.68. The molecule has 19 heavy (non-hydrogen) atoms. The summed E-state index contributed by atoms with van der Waals surface area (Å²) in [5.74, 6) is 0.646. The molecule has 0 saturated carbocycles. The van der Waals surface area contributed by atoms with Crippen molar-refractivity contribution in [1.82, 2.24) is 10.3 Å². The van der Waals surface area contributed by atoms with Gasteiger partial charge in [0.1, 0.15) is 0 Å². The molecule has 2 unspecified atom stereocenters. The maximum atomic E-state index is 5.45. The van der Waals surface area contributed by atoms with E-state index in [1.807, 2.05) is 12.3 Å². The molecule has 2 atom stereocenters. The van der Waals surface area contributed by atoms with Crippen LogP contribution in [0.25, 0.3) is 10.9 Å². The molecule has 2 heterocycles. The molecule has 0 radical (unpaired) electrons. The lowest BCUT2D eigenvalue weighted by Gasteiger charge is -2.19. The summed E-state index contributed by atoms with van der Waals surface area (Å²) in [6, 6.07) is 10.9. The van der Waals surface area contributed by atoms with Crippen molar-refractivity contribution in [3.63, 3.8) is 0 Å². The molecule has 1 aliphatic heterocycles. The van der Waals surface area contributed by atoms with Gasteiger partial charge in [-0.05, 0) is 37.0 Å². The number of hydrogen-bond donors (Lipinski definition) is 1. The highest BCUT2D eigenvalue weighted by Crippen LogP contribution is 2.19. The number of rotatable bonds is 4. The molecule has 1 aromatic carbocycles. The Bertz CT molecular complexity index is 544. The summed E-state index contributed by atoms with van der Waals surface area (Å²) in [5.41, 5.74) is 2.38. The largest absolute Gasteiger partial charge is 0.381 e. The molecule has 1 aliphatic rings. The maximum Gasteiger partial charge on any atom is 0.0705 e. The van der Waals surface area contributed by atoms with Crippen molar-refractivity contribution in [3.8, 4) is 0 Å². The molecule has 2 aromatic rings. The molecular formula is C16H20N2O. The number of aromatic nitrogens is 1. The molecule has 0 spiro atoms. The quantitative estimate of drug-likeness (QED) is 0.913. The van der Waals surface area contributed by atoms with Crippen molar-refractivity contribution in [2.75, 3.05) is 13.2 Å². The molecule has 100 valence electrons. The fraction of sp³-hybridized carbons (Fsp3) is 0.438. The number of fused-ring (bicyclic) bond motifs is 1. The molecule has 1 aromatic heterocycles. The van der Waals surface area contributed by atoms with Gasteiger partial charge in [0.15, 0.2) is 0 Å². The van der Waals surface area contributed by atoms with E-state index in [0.717, 1.165) is 25.3 Å². The average Bonchev–Trinajstić information content (AvgIpc) is 2.99. The Kier molecular flexibility index (Phi) is 3.76. The molecule has 3 heteroatoms. The number of ether oxygens (including phenoxy) is 1. The van der Waals surface area contributed by atoms with Gasteiger partial charge in [-0.2, -0.15) is 0 Å². The van der Waals surface area contributed by atoms with Gasteiger partial charge in [0.25, 0.3) is 0 Å². The van der Waals surface area contributed by atoms with Crippen LogP contribution in [0.1, 0.15) is 18.9 Å². The van der Waals surface area contributed by atoms with E-state index in [0.29, 0.717) is 12.0 Å². The van der Waals surface area contributed by atoms with E-state index in [4.69, 9.17) is 4.74 Å². The normalized spacial score (nSPS) is 20.8. The van der Waals surface area contributed by atoms with Crippen molar-refractivity contribution < 1.29 is 4.74 Å². The lowest BCUT2D eigenvalue weighted by atomic mass is 10.0. The highest BCUT2D eigenvalue weighted by atomic mass is 16.5. The second-order valence-electron chi connectivity index (χ2n) is 5.28. The SMILES string of the molecule is CC(NCc1ccnc2ccccc12)C1CCOC1. The summed E-state index contributed by atoms with van der Waals surface area (Å²) in [6.07, 6.45) is 3.06. The van der Waals surface area contributed by atoms with Crippen molar-refractivity contribution in [1.29, 1.82) is 0 Å². The maximum absolute atomic E-state index is 5.45. The Morgan fingerprint density at radius 1 is 1.37 bits per heavy atom. The van der Waals surface area contributed by atoms with E-state index in [9.17, 15) is 0 Å². The molecule has 3 nitrogen and oxygen atoms in total. The van der Waals surface area contributed by atoms with Crippen LogP contribution in [0.3, 0.4) is 0 Å². The lowest BCUT2D eigenvalue weighted by Crippen LogP contribution is -2.33. The summed E-state index contributed by atoms with van der Waals surface area (Å²) >= 11 is 0. The predicted molar refractivity (Wildman–Crippen MR) is 77.0 cm³/mol.